The molecule has 106 valence electrons. The molecule has 5 nitrogen and oxygen atoms in total. The highest BCUT2D eigenvalue weighted by atomic mass is 16.3. The second kappa shape index (κ2) is 5.01. The second-order valence-electron chi connectivity index (χ2n) is 4.97. The fourth-order valence-corrected chi connectivity index (χ4v) is 2.45. The largest absolute Gasteiger partial charge is 0.466 e. The Bertz CT molecular complexity index is 772. The number of aryl methyl sites for hydroxylation is 2. The van der Waals surface area contributed by atoms with Crippen molar-refractivity contribution in [3.8, 4) is 0 Å². The van der Waals surface area contributed by atoms with Gasteiger partial charge in [0.05, 0.1) is 17.7 Å². The van der Waals surface area contributed by atoms with Gasteiger partial charge in [-0.3, -0.25) is 9.59 Å². The molecule has 3 rings (SSSR count). The van der Waals surface area contributed by atoms with Crippen molar-refractivity contribution in [2.75, 3.05) is 0 Å². The highest BCUT2D eigenvalue weighted by Gasteiger charge is 2.25. The first-order valence-corrected chi connectivity index (χ1v) is 6.63. The average molecular weight is 282 g/mol. The van der Waals surface area contributed by atoms with Crippen LogP contribution in [0.4, 0.5) is 0 Å². The molecule has 0 aliphatic heterocycles. The number of ketones is 1. The number of Topliss-reactive ketones (excluding diaryl/α,β-unsaturated/α-hetero) is 1. The van der Waals surface area contributed by atoms with Gasteiger partial charge in [0.2, 0.25) is 0 Å². The SMILES string of the molecule is Cc1cc(C(=O)N/N=C2\CC(=O)c3ccccc32)c(C)o1. The van der Waals surface area contributed by atoms with Crippen molar-refractivity contribution in [3.63, 3.8) is 0 Å². The molecule has 2 aromatic rings. The number of hydrogen-bond acceptors (Lipinski definition) is 4. The summed E-state index contributed by atoms with van der Waals surface area (Å²) in [5.74, 6) is 0.905. The number of carbonyl (C=O) groups is 2. The highest BCUT2D eigenvalue weighted by Crippen LogP contribution is 2.22. The summed E-state index contributed by atoms with van der Waals surface area (Å²) in [5, 5.41) is 4.10. The maximum absolute atomic E-state index is 12.1. The van der Waals surface area contributed by atoms with Gasteiger partial charge in [0.25, 0.3) is 5.91 Å². The Morgan fingerprint density at radius 3 is 2.62 bits per heavy atom. The summed E-state index contributed by atoms with van der Waals surface area (Å²) < 4.78 is 5.32. The van der Waals surface area contributed by atoms with Gasteiger partial charge >= 0.3 is 0 Å². The number of amides is 1. The first-order chi connectivity index (χ1) is 10.1. The molecule has 0 saturated carbocycles. The first-order valence-electron chi connectivity index (χ1n) is 6.63. The number of hydrogen-bond donors (Lipinski definition) is 1. The van der Waals surface area contributed by atoms with Crippen LogP contribution in [0.5, 0.6) is 0 Å². The molecule has 21 heavy (non-hydrogen) atoms. The van der Waals surface area contributed by atoms with Gasteiger partial charge in [0, 0.05) is 11.1 Å². The number of hydrazone groups is 1. The molecule has 0 spiro atoms. The Morgan fingerprint density at radius 2 is 1.95 bits per heavy atom. The van der Waals surface area contributed by atoms with Crippen molar-refractivity contribution in [1.82, 2.24) is 5.43 Å². The Morgan fingerprint density at radius 1 is 1.24 bits per heavy atom. The standard InChI is InChI=1S/C16H14N2O3/c1-9-7-13(10(2)21-9)16(20)18-17-14-8-15(19)12-6-4-3-5-11(12)14/h3-7H,8H2,1-2H3,(H,18,20)/b17-14+. The minimum Gasteiger partial charge on any atom is -0.466 e. The number of rotatable bonds is 2. The quantitative estimate of drug-likeness (QED) is 0.861. The molecule has 1 N–H and O–H groups in total. The predicted molar refractivity (Wildman–Crippen MR) is 77.6 cm³/mol. The summed E-state index contributed by atoms with van der Waals surface area (Å²) >= 11 is 0. The number of nitrogens with zero attached hydrogens (tertiary/aromatic N) is 1. The number of benzene rings is 1. The van der Waals surface area contributed by atoms with Crippen LogP contribution in [0.15, 0.2) is 39.9 Å². The van der Waals surface area contributed by atoms with Crippen molar-refractivity contribution in [3.05, 3.63) is 58.5 Å². The molecule has 0 radical (unpaired) electrons. The van der Waals surface area contributed by atoms with Crippen molar-refractivity contribution in [1.29, 1.82) is 0 Å². The van der Waals surface area contributed by atoms with Crippen molar-refractivity contribution < 1.29 is 14.0 Å². The summed E-state index contributed by atoms with van der Waals surface area (Å²) in [6.07, 6.45) is 0.211. The normalized spacial score (nSPS) is 15.3. The van der Waals surface area contributed by atoms with Gasteiger partial charge in [0.15, 0.2) is 5.78 Å². The molecule has 1 aromatic heterocycles. The zero-order valence-corrected chi connectivity index (χ0v) is 11.8. The zero-order chi connectivity index (χ0) is 15.0. The molecule has 1 heterocycles. The van der Waals surface area contributed by atoms with Crippen LogP contribution in [-0.2, 0) is 0 Å². The van der Waals surface area contributed by atoms with Crippen LogP contribution in [0, 0.1) is 13.8 Å². The lowest BCUT2D eigenvalue weighted by molar-refractivity contribution is 0.0950. The number of furan rings is 1. The Hall–Kier alpha value is -2.69. The monoisotopic (exact) mass is 282 g/mol. The fourth-order valence-electron chi connectivity index (χ4n) is 2.45. The predicted octanol–water partition coefficient (Wildman–Crippen LogP) is 2.62. The molecule has 1 amide bonds. The van der Waals surface area contributed by atoms with E-state index in [4.69, 9.17) is 4.42 Å². The molecule has 0 fully saturated rings. The maximum atomic E-state index is 12.1. The lowest BCUT2D eigenvalue weighted by Gasteiger charge is -2.01. The van der Waals surface area contributed by atoms with Gasteiger partial charge in [-0.15, -0.1) is 0 Å². The molecule has 0 unspecified atom stereocenters. The van der Waals surface area contributed by atoms with E-state index in [-0.39, 0.29) is 18.1 Å². The first kappa shape index (κ1) is 13.3. The zero-order valence-electron chi connectivity index (χ0n) is 11.8. The topological polar surface area (TPSA) is 71.7 Å². The van der Waals surface area contributed by atoms with Crippen LogP contribution in [-0.4, -0.2) is 17.4 Å². The summed E-state index contributed by atoms with van der Waals surface area (Å²) in [7, 11) is 0. The molecular weight excluding hydrogens is 268 g/mol. The van der Waals surface area contributed by atoms with Crippen LogP contribution in [0.25, 0.3) is 0 Å². The van der Waals surface area contributed by atoms with E-state index < -0.39 is 0 Å². The molecule has 1 aromatic carbocycles. The van der Waals surface area contributed by atoms with E-state index in [1.54, 1.807) is 26.0 Å². The van der Waals surface area contributed by atoms with E-state index in [1.807, 2.05) is 18.2 Å². The summed E-state index contributed by atoms with van der Waals surface area (Å²) in [6.45, 7) is 3.50. The number of nitrogens with one attached hydrogen (secondary N) is 1. The molecule has 0 atom stereocenters. The van der Waals surface area contributed by atoms with E-state index in [0.717, 1.165) is 5.56 Å². The van der Waals surface area contributed by atoms with Gasteiger partial charge in [-0.05, 0) is 19.9 Å². The van der Waals surface area contributed by atoms with Gasteiger partial charge in [-0.25, -0.2) is 5.43 Å². The third-order valence-corrected chi connectivity index (χ3v) is 3.44. The van der Waals surface area contributed by atoms with Gasteiger partial charge in [0.1, 0.15) is 11.5 Å². The summed E-state index contributed by atoms with van der Waals surface area (Å²) in [6, 6.07) is 8.93. The highest BCUT2D eigenvalue weighted by molar-refractivity contribution is 6.26. The van der Waals surface area contributed by atoms with Crippen LogP contribution >= 0.6 is 0 Å². The third kappa shape index (κ3) is 2.38. The minimum atomic E-state index is -0.339. The van der Waals surface area contributed by atoms with Crippen LogP contribution in [0.3, 0.4) is 0 Å². The minimum absolute atomic E-state index is 0.0222. The third-order valence-electron chi connectivity index (χ3n) is 3.44. The van der Waals surface area contributed by atoms with Crippen LogP contribution in [0.1, 0.15) is 44.2 Å². The van der Waals surface area contributed by atoms with Crippen molar-refractivity contribution >= 4 is 17.4 Å². The van der Waals surface area contributed by atoms with E-state index in [9.17, 15) is 9.59 Å². The van der Waals surface area contributed by atoms with Gasteiger partial charge < -0.3 is 4.42 Å². The van der Waals surface area contributed by atoms with Crippen LogP contribution in [0.2, 0.25) is 0 Å². The Balaban J connectivity index is 1.83. The van der Waals surface area contributed by atoms with E-state index in [2.05, 4.69) is 10.5 Å². The van der Waals surface area contributed by atoms with E-state index in [0.29, 0.717) is 28.4 Å². The molecular formula is C16H14N2O3. The second-order valence-corrected chi connectivity index (χ2v) is 4.97. The molecule has 0 bridgehead atoms. The smallest absolute Gasteiger partial charge is 0.274 e. The van der Waals surface area contributed by atoms with Crippen LogP contribution < -0.4 is 5.43 Å². The lowest BCUT2D eigenvalue weighted by atomic mass is 10.1. The van der Waals surface area contributed by atoms with E-state index >= 15 is 0 Å². The fraction of sp³-hybridized carbons (Fsp3) is 0.188. The Kier molecular flexibility index (Phi) is 3.17. The molecule has 1 aliphatic carbocycles. The Labute approximate surface area is 121 Å². The van der Waals surface area contributed by atoms with Crippen molar-refractivity contribution in [2.24, 2.45) is 5.10 Å². The lowest BCUT2D eigenvalue weighted by Crippen LogP contribution is -2.19. The van der Waals surface area contributed by atoms with Gasteiger partial charge in [-0.2, -0.15) is 5.10 Å². The summed E-state index contributed by atoms with van der Waals surface area (Å²) in [5.41, 5.74) is 4.97. The number of fused-ring (bicyclic) bond motifs is 1. The van der Waals surface area contributed by atoms with E-state index in [1.165, 1.54) is 0 Å². The number of carbonyl (C=O) groups excluding carboxylic acids is 2. The maximum Gasteiger partial charge on any atom is 0.274 e. The van der Waals surface area contributed by atoms with Gasteiger partial charge in [-0.1, -0.05) is 24.3 Å². The molecule has 0 saturated heterocycles. The summed E-state index contributed by atoms with van der Waals surface area (Å²) in [4.78, 5) is 23.9. The molecule has 1 aliphatic rings. The average Bonchev–Trinajstić information content (AvgIpc) is 2.97. The van der Waals surface area contributed by atoms with Crippen molar-refractivity contribution in [2.45, 2.75) is 20.3 Å². The molecule has 5 heteroatoms.